The largest absolute Gasteiger partial charge is 0.226 e. The molecule has 0 spiro atoms. The first-order valence-electron chi connectivity index (χ1n) is 0.749. The van der Waals surface area contributed by atoms with E-state index in [2.05, 4.69) is 10.7 Å². The minimum Gasteiger partial charge on any atom is -0.226 e. The summed E-state index contributed by atoms with van der Waals surface area (Å²) in [5.41, 5.74) is 0. The molecule has 0 amide bonds. The average molecular weight is 110 g/mol. The molecule has 0 fully saturated rings. The quantitative estimate of drug-likeness (QED) is 0.333. The Hall–Kier alpha value is -0.0700. The average Bonchev–Trinajstić information content (AvgIpc) is 1.38. The molecule has 2 nitrogen and oxygen atoms in total. The molecule has 1 unspecified atom stereocenters. The lowest BCUT2D eigenvalue weighted by Gasteiger charge is -1.51. The Morgan fingerprint density at radius 2 is 2.20 bits per heavy atom. The summed E-state index contributed by atoms with van der Waals surface area (Å²) < 4.78 is 9.33. The fraction of sp³-hybridized carbons (Fsp3) is 0. The maximum Gasteiger partial charge on any atom is 0.220 e. The van der Waals surface area contributed by atoms with Crippen LogP contribution >= 0.6 is 10.7 Å². The van der Waals surface area contributed by atoms with Crippen LogP contribution in [0.3, 0.4) is 0 Å². The molecule has 5 heavy (non-hydrogen) atoms. The molecule has 0 aliphatic heterocycles. The Labute approximate surface area is 36.3 Å². The molecule has 0 heterocycles. The van der Waals surface area contributed by atoms with Gasteiger partial charge in [0.2, 0.25) is 10.0 Å². The fourth-order valence-electron chi connectivity index (χ4n) is 0. The van der Waals surface area contributed by atoms with Crippen LogP contribution in [0.1, 0.15) is 0 Å². The van der Waals surface area contributed by atoms with Crippen molar-refractivity contribution in [3.8, 4) is 5.40 Å². The van der Waals surface area contributed by atoms with Crippen molar-refractivity contribution >= 4 is 20.7 Å². The second kappa shape index (κ2) is 2.18. The lowest BCUT2D eigenvalue weighted by molar-refractivity contribution is 0.696. The summed E-state index contributed by atoms with van der Waals surface area (Å²) in [6.07, 6.45) is 0. The first-order valence-corrected chi connectivity index (χ1v) is 2.72. The maximum absolute atomic E-state index is 9.33. The number of nitrogens with zero attached hydrogens (tertiary/aromatic N) is 1. The Kier molecular flexibility index (Phi) is 2.15. The number of nitriles is 1. The van der Waals surface area contributed by atoms with E-state index in [1.165, 1.54) is 5.40 Å². The van der Waals surface area contributed by atoms with Crippen molar-refractivity contribution in [3.63, 3.8) is 0 Å². The molecule has 0 saturated carbocycles. The van der Waals surface area contributed by atoms with E-state index in [-0.39, 0.29) is 0 Å². The first kappa shape index (κ1) is 4.93. The molecule has 0 radical (unpaired) electrons. The fourth-order valence-corrected chi connectivity index (χ4v) is 0. The van der Waals surface area contributed by atoms with Gasteiger partial charge >= 0.3 is 0 Å². The molecule has 4 heteroatoms. The third kappa shape index (κ3) is 3.93. The molecule has 0 aromatic heterocycles. The predicted octanol–water partition coefficient (Wildman–Crippen LogP) is 0.370. The summed E-state index contributed by atoms with van der Waals surface area (Å²) in [4.78, 5) is 0. The SMILES string of the molecule is N#CS(=O)Cl. The lowest BCUT2D eigenvalue weighted by Crippen LogP contribution is -1.58. The molecule has 0 saturated heterocycles. The van der Waals surface area contributed by atoms with Crippen molar-refractivity contribution in [2.24, 2.45) is 0 Å². The second-order valence-corrected chi connectivity index (χ2v) is 1.79. The van der Waals surface area contributed by atoms with Crippen LogP contribution in [0.5, 0.6) is 0 Å². The minimum atomic E-state index is -1.79. The normalized spacial score (nSPS) is 12.8. The van der Waals surface area contributed by atoms with Crippen LogP contribution < -0.4 is 0 Å². The Balaban J connectivity index is 3.35. The van der Waals surface area contributed by atoms with Gasteiger partial charge in [-0.15, -0.1) is 0 Å². The third-order valence-electron chi connectivity index (χ3n) is 0.0718. The molecule has 0 aromatic carbocycles. The van der Waals surface area contributed by atoms with Crippen LogP contribution in [0.4, 0.5) is 0 Å². The zero-order valence-corrected chi connectivity index (χ0v) is 3.71. The Bertz CT molecular complexity index is 84.1. The van der Waals surface area contributed by atoms with Gasteiger partial charge in [0.05, 0.1) is 0 Å². The van der Waals surface area contributed by atoms with Gasteiger partial charge in [-0.1, -0.05) is 0 Å². The maximum atomic E-state index is 9.33. The molecule has 0 aromatic rings. The number of halogens is 1. The molecule has 0 N–H and O–H groups in total. The summed E-state index contributed by atoms with van der Waals surface area (Å²) in [6.45, 7) is 0. The summed E-state index contributed by atoms with van der Waals surface area (Å²) in [6, 6.07) is 0. The standard InChI is InChI=1S/CClNOS/c2-5(4)1-3. The molecular weight excluding hydrogens is 110 g/mol. The lowest BCUT2D eigenvalue weighted by atomic mass is 11.8. The van der Waals surface area contributed by atoms with Crippen molar-refractivity contribution in [2.45, 2.75) is 0 Å². The van der Waals surface area contributed by atoms with Crippen molar-refractivity contribution in [1.29, 1.82) is 5.26 Å². The van der Waals surface area contributed by atoms with E-state index in [1.807, 2.05) is 0 Å². The number of hydrogen-bond donors (Lipinski definition) is 0. The highest BCUT2D eigenvalue weighted by molar-refractivity contribution is 8.12. The Morgan fingerprint density at radius 3 is 2.20 bits per heavy atom. The Morgan fingerprint density at radius 1 is 2.00 bits per heavy atom. The highest BCUT2D eigenvalue weighted by Gasteiger charge is 1.76. The van der Waals surface area contributed by atoms with E-state index in [9.17, 15) is 4.21 Å². The van der Waals surface area contributed by atoms with E-state index in [1.54, 1.807) is 0 Å². The minimum absolute atomic E-state index is 1.27. The zero-order valence-electron chi connectivity index (χ0n) is 2.14. The van der Waals surface area contributed by atoms with Gasteiger partial charge in [0.15, 0.2) is 5.40 Å². The zero-order chi connectivity index (χ0) is 4.28. The van der Waals surface area contributed by atoms with Crippen LogP contribution in [0.25, 0.3) is 0 Å². The third-order valence-corrected chi connectivity index (χ3v) is 0.422. The highest BCUT2D eigenvalue weighted by Crippen LogP contribution is 1.78. The number of hydrogen-bond acceptors (Lipinski definition) is 2. The second-order valence-electron chi connectivity index (χ2n) is 0.315. The smallest absolute Gasteiger partial charge is 0.220 e. The van der Waals surface area contributed by atoms with Gasteiger partial charge in [-0.05, 0) is 0 Å². The van der Waals surface area contributed by atoms with Gasteiger partial charge in [0.1, 0.15) is 0 Å². The van der Waals surface area contributed by atoms with Crippen molar-refractivity contribution < 1.29 is 4.21 Å². The van der Waals surface area contributed by atoms with E-state index in [0.717, 1.165) is 0 Å². The molecule has 0 aliphatic carbocycles. The molecular formula is CClNOS. The summed E-state index contributed by atoms with van der Waals surface area (Å²) >= 11 is 0. The van der Waals surface area contributed by atoms with E-state index in [0.29, 0.717) is 0 Å². The van der Waals surface area contributed by atoms with Gasteiger partial charge < -0.3 is 0 Å². The van der Waals surface area contributed by atoms with Crippen LogP contribution in [-0.2, 0) is 10.0 Å². The number of rotatable bonds is 0. The highest BCUT2D eigenvalue weighted by atomic mass is 35.7. The van der Waals surface area contributed by atoms with Crippen LogP contribution in [0.2, 0.25) is 0 Å². The van der Waals surface area contributed by atoms with E-state index in [4.69, 9.17) is 5.26 Å². The van der Waals surface area contributed by atoms with Crippen LogP contribution in [0.15, 0.2) is 0 Å². The van der Waals surface area contributed by atoms with Crippen molar-refractivity contribution in [3.05, 3.63) is 0 Å². The van der Waals surface area contributed by atoms with Crippen molar-refractivity contribution in [2.75, 3.05) is 0 Å². The first-order chi connectivity index (χ1) is 2.27. The van der Waals surface area contributed by atoms with Crippen molar-refractivity contribution in [1.82, 2.24) is 0 Å². The van der Waals surface area contributed by atoms with E-state index < -0.39 is 10.0 Å². The molecule has 28 valence electrons. The summed E-state index contributed by atoms with van der Waals surface area (Å²) in [7, 11) is 2.78. The van der Waals surface area contributed by atoms with Crippen LogP contribution in [0, 0.1) is 10.7 Å². The van der Waals surface area contributed by atoms with Gasteiger partial charge in [-0.3, -0.25) is 0 Å². The predicted molar refractivity (Wildman–Crippen MR) is 19.6 cm³/mol. The summed E-state index contributed by atoms with van der Waals surface area (Å²) in [5.74, 6) is 0. The molecule has 0 rings (SSSR count). The monoisotopic (exact) mass is 109 g/mol. The van der Waals surface area contributed by atoms with E-state index >= 15 is 0 Å². The summed E-state index contributed by atoms with van der Waals surface area (Å²) in [5, 5.41) is 8.73. The molecule has 0 bridgehead atoms. The van der Waals surface area contributed by atoms with Gasteiger partial charge in [0.25, 0.3) is 0 Å². The molecule has 1 atom stereocenters. The van der Waals surface area contributed by atoms with Gasteiger partial charge in [-0.25, -0.2) is 4.21 Å². The van der Waals surface area contributed by atoms with Gasteiger partial charge in [0, 0.05) is 10.7 Å². The number of thiocyanates is 1. The van der Waals surface area contributed by atoms with Gasteiger partial charge in [-0.2, -0.15) is 5.26 Å². The molecule has 0 aliphatic rings. The van der Waals surface area contributed by atoms with Crippen LogP contribution in [-0.4, -0.2) is 4.21 Å². The topological polar surface area (TPSA) is 40.9 Å².